The molecule has 1 saturated heterocycles. The fourth-order valence-electron chi connectivity index (χ4n) is 2.87. The maximum atomic E-state index is 14.3. The van der Waals surface area contributed by atoms with Crippen LogP contribution in [0.15, 0.2) is 15.8 Å². The third-order valence-electron chi connectivity index (χ3n) is 4.26. The van der Waals surface area contributed by atoms with Gasteiger partial charge in [0, 0.05) is 19.0 Å². The SMILES string of the molecule is CCOP(=O)(CCC(=O)COC[C@H]1O[C@@H](n2cc(Cl)c(=O)[nH]c2=O)C[C@@H]1F)OCC. The summed E-state index contributed by atoms with van der Waals surface area (Å²) in [5.74, 6) is -0.344. The molecule has 0 radical (unpaired) electrons. The molecule has 0 aliphatic carbocycles. The second kappa shape index (κ2) is 11.3. The van der Waals surface area contributed by atoms with Gasteiger partial charge >= 0.3 is 13.3 Å². The number of nitrogens with one attached hydrogen (secondary N) is 1. The summed E-state index contributed by atoms with van der Waals surface area (Å²) < 4.78 is 48.5. The molecule has 10 nitrogen and oxygen atoms in total. The zero-order valence-electron chi connectivity index (χ0n) is 16.7. The van der Waals surface area contributed by atoms with Crippen molar-refractivity contribution in [3.8, 4) is 0 Å². The van der Waals surface area contributed by atoms with Crippen LogP contribution in [0.5, 0.6) is 0 Å². The first kappa shape index (κ1) is 24.9. The van der Waals surface area contributed by atoms with E-state index >= 15 is 0 Å². The van der Waals surface area contributed by atoms with Crippen LogP contribution in [0.1, 0.15) is 32.9 Å². The topological polar surface area (TPSA) is 126 Å². The van der Waals surface area contributed by atoms with Crippen molar-refractivity contribution in [3.05, 3.63) is 32.1 Å². The predicted molar refractivity (Wildman–Crippen MR) is 106 cm³/mol. The molecule has 0 spiro atoms. The molecule has 3 atom stereocenters. The number of halogens is 2. The average molecular weight is 471 g/mol. The zero-order chi connectivity index (χ0) is 22.3. The van der Waals surface area contributed by atoms with Crippen molar-refractivity contribution in [3.63, 3.8) is 0 Å². The summed E-state index contributed by atoms with van der Waals surface area (Å²) in [5.41, 5.74) is -1.52. The molecule has 2 rings (SSSR count). The number of Topliss-reactive ketones (excluding diaryl/α,β-unsaturated/α-hetero) is 1. The van der Waals surface area contributed by atoms with Gasteiger partial charge in [0.2, 0.25) is 0 Å². The third kappa shape index (κ3) is 6.83. The maximum absolute atomic E-state index is 14.3. The molecule has 170 valence electrons. The molecular weight excluding hydrogens is 446 g/mol. The second-order valence-corrected chi connectivity index (χ2v) is 9.09. The number of carbonyl (C=O) groups excluding carboxylic acids is 1. The van der Waals surface area contributed by atoms with E-state index in [-0.39, 0.29) is 56.2 Å². The van der Waals surface area contributed by atoms with Crippen molar-refractivity contribution in [1.29, 1.82) is 0 Å². The molecular formula is C17H25ClFN2O8P. The minimum absolute atomic E-state index is 0.0690. The first-order valence-corrected chi connectivity index (χ1v) is 11.6. The molecule has 1 aliphatic heterocycles. The number of aromatic amines is 1. The molecule has 0 aromatic carbocycles. The Hall–Kier alpha value is -1.36. The van der Waals surface area contributed by atoms with E-state index in [1.807, 2.05) is 4.98 Å². The minimum atomic E-state index is -3.32. The monoisotopic (exact) mass is 470 g/mol. The summed E-state index contributed by atoms with van der Waals surface area (Å²) in [4.78, 5) is 37.2. The molecule has 0 amide bonds. The fraction of sp³-hybridized carbons (Fsp3) is 0.706. The first-order valence-electron chi connectivity index (χ1n) is 9.47. The molecule has 1 aromatic heterocycles. The van der Waals surface area contributed by atoms with Crippen LogP contribution in [-0.2, 0) is 27.9 Å². The summed E-state index contributed by atoms with van der Waals surface area (Å²) in [5, 5.41) is -0.227. The van der Waals surface area contributed by atoms with Crippen LogP contribution in [0, 0.1) is 0 Å². The molecule has 1 aliphatic rings. The van der Waals surface area contributed by atoms with E-state index in [0.29, 0.717) is 0 Å². The number of rotatable bonds is 12. The van der Waals surface area contributed by atoms with Gasteiger partial charge in [0.05, 0.1) is 26.0 Å². The Morgan fingerprint density at radius 1 is 1.37 bits per heavy atom. The second-order valence-electron chi connectivity index (χ2n) is 6.50. The Morgan fingerprint density at radius 3 is 2.67 bits per heavy atom. The first-order chi connectivity index (χ1) is 14.2. The molecule has 1 N–H and O–H groups in total. The Labute approximate surface area is 177 Å². The molecule has 1 fully saturated rings. The van der Waals surface area contributed by atoms with Crippen LogP contribution in [-0.4, -0.2) is 60.2 Å². The number of ether oxygens (including phenoxy) is 2. The lowest BCUT2D eigenvalue weighted by molar-refractivity contribution is -0.125. The van der Waals surface area contributed by atoms with E-state index in [0.717, 1.165) is 10.8 Å². The third-order valence-corrected chi connectivity index (χ3v) is 6.60. The van der Waals surface area contributed by atoms with Gasteiger partial charge in [-0.05, 0) is 13.8 Å². The van der Waals surface area contributed by atoms with Gasteiger partial charge in [-0.2, -0.15) is 0 Å². The van der Waals surface area contributed by atoms with Crippen molar-refractivity contribution in [2.75, 3.05) is 32.6 Å². The number of hydrogen-bond acceptors (Lipinski definition) is 8. The van der Waals surface area contributed by atoms with E-state index in [2.05, 4.69) is 0 Å². The van der Waals surface area contributed by atoms with Gasteiger partial charge in [0.25, 0.3) is 5.56 Å². The maximum Gasteiger partial charge on any atom is 0.331 e. The smallest absolute Gasteiger partial charge is 0.331 e. The van der Waals surface area contributed by atoms with Gasteiger partial charge < -0.3 is 18.5 Å². The summed E-state index contributed by atoms with van der Waals surface area (Å²) >= 11 is 5.70. The van der Waals surface area contributed by atoms with Crippen LogP contribution in [0.3, 0.4) is 0 Å². The van der Waals surface area contributed by atoms with Gasteiger partial charge in [0.1, 0.15) is 30.1 Å². The number of ketones is 1. The molecule has 2 heterocycles. The van der Waals surface area contributed by atoms with Crippen LogP contribution >= 0.6 is 19.2 Å². The van der Waals surface area contributed by atoms with E-state index < -0.39 is 37.3 Å². The lowest BCUT2D eigenvalue weighted by Gasteiger charge is -2.17. The molecule has 0 unspecified atom stereocenters. The highest BCUT2D eigenvalue weighted by molar-refractivity contribution is 7.53. The quantitative estimate of drug-likeness (QED) is 0.460. The number of H-pyrrole nitrogens is 1. The van der Waals surface area contributed by atoms with Crippen LogP contribution in [0.4, 0.5) is 4.39 Å². The van der Waals surface area contributed by atoms with Gasteiger partial charge in [0.15, 0.2) is 5.78 Å². The lowest BCUT2D eigenvalue weighted by Crippen LogP contribution is -2.32. The van der Waals surface area contributed by atoms with E-state index in [9.17, 15) is 23.3 Å². The highest BCUT2D eigenvalue weighted by atomic mass is 35.5. The van der Waals surface area contributed by atoms with Crippen molar-refractivity contribution >= 4 is 25.0 Å². The lowest BCUT2D eigenvalue weighted by atomic mass is 10.2. The Kier molecular flexibility index (Phi) is 9.39. The highest BCUT2D eigenvalue weighted by Crippen LogP contribution is 2.48. The molecule has 0 saturated carbocycles. The average Bonchev–Trinajstić information content (AvgIpc) is 3.04. The molecule has 0 bridgehead atoms. The van der Waals surface area contributed by atoms with Crippen LogP contribution < -0.4 is 11.2 Å². The van der Waals surface area contributed by atoms with Crippen molar-refractivity contribution in [1.82, 2.24) is 9.55 Å². The van der Waals surface area contributed by atoms with E-state index in [1.165, 1.54) is 0 Å². The number of nitrogens with zero attached hydrogens (tertiary/aromatic N) is 1. The number of aromatic nitrogens is 2. The summed E-state index contributed by atoms with van der Waals surface area (Å²) in [6, 6.07) is 0. The number of carbonyl (C=O) groups is 1. The van der Waals surface area contributed by atoms with Crippen molar-refractivity contribution in [2.45, 2.75) is 45.2 Å². The summed E-state index contributed by atoms with van der Waals surface area (Å²) in [6.07, 6.45) is -2.61. The highest BCUT2D eigenvalue weighted by Gasteiger charge is 2.37. The van der Waals surface area contributed by atoms with Gasteiger partial charge in [-0.15, -0.1) is 0 Å². The van der Waals surface area contributed by atoms with Crippen LogP contribution in [0.25, 0.3) is 0 Å². The minimum Gasteiger partial charge on any atom is -0.371 e. The Morgan fingerprint density at radius 2 is 2.03 bits per heavy atom. The van der Waals surface area contributed by atoms with E-state index in [1.54, 1.807) is 13.8 Å². The molecule has 1 aromatic rings. The standard InChI is InChI=1S/C17H25ClFN2O8P/c1-3-27-30(25,28-4-2)6-5-11(22)9-26-10-14-13(19)7-15(29-14)21-8-12(18)16(23)20-17(21)24/h8,13-15H,3-7,9-10H2,1-2H3,(H,20,23,24)/t13-,14+,15+/m0/s1. The molecule has 30 heavy (non-hydrogen) atoms. The van der Waals surface area contributed by atoms with Crippen molar-refractivity contribution < 1.29 is 32.3 Å². The van der Waals surface area contributed by atoms with Gasteiger partial charge in [-0.1, -0.05) is 11.6 Å². The summed E-state index contributed by atoms with van der Waals surface area (Å²) in [7, 11) is -3.32. The zero-order valence-corrected chi connectivity index (χ0v) is 18.3. The Balaban J connectivity index is 1.82. The normalized spacial score (nSPS) is 21.8. The predicted octanol–water partition coefficient (Wildman–Crippen LogP) is 2.06. The molecule has 13 heteroatoms. The Bertz CT molecular complexity index is 881. The largest absolute Gasteiger partial charge is 0.371 e. The van der Waals surface area contributed by atoms with Crippen molar-refractivity contribution in [2.24, 2.45) is 0 Å². The number of alkyl halides is 1. The van der Waals surface area contributed by atoms with Crippen LogP contribution in [0.2, 0.25) is 5.02 Å². The summed E-state index contributed by atoms with van der Waals surface area (Å²) in [6.45, 7) is 3.21. The van der Waals surface area contributed by atoms with Gasteiger partial charge in [-0.3, -0.25) is 23.7 Å². The van der Waals surface area contributed by atoms with Gasteiger partial charge in [-0.25, -0.2) is 9.18 Å². The van der Waals surface area contributed by atoms with E-state index in [4.69, 9.17) is 30.1 Å². The fourth-order valence-corrected chi connectivity index (χ4v) is 4.66. The number of hydrogen-bond donors (Lipinski definition) is 1.